The largest absolute Gasteiger partial charge is 0.493 e. The highest BCUT2D eigenvalue weighted by Crippen LogP contribution is 2.41. The zero-order valence-electron chi connectivity index (χ0n) is 16.8. The minimum atomic E-state index is -0.651. The number of ether oxygens (including phenoxy) is 1. The van der Waals surface area contributed by atoms with Crippen molar-refractivity contribution in [2.75, 3.05) is 6.61 Å². The van der Waals surface area contributed by atoms with Gasteiger partial charge in [-0.3, -0.25) is 4.79 Å². The molecule has 0 aliphatic carbocycles. The van der Waals surface area contributed by atoms with Crippen LogP contribution < -0.4 is 4.74 Å². The summed E-state index contributed by atoms with van der Waals surface area (Å²) in [6.45, 7) is -0.0706. The third-order valence-electron chi connectivity index (χ3n) is 4.76. The fraction of sp³-hybridized carbons (Fsp3) is 0.0870. The minimum Gasteiger partial charge on any atom is -0.493 e. The number of azo groups is 1. The lowest BCUT2D eigenvalue weighted by molar-refractivity contribution is -0.120. The second kappa shape index (κ2) is 10.1. The number of carbonyl (C=O) groups is 1. The fourth-order valence-corrected chi connectivity index (χ4v) is 4.24. The van der Waals surface area contributed by atoms with E-state index in [0.29, 0.717) is 33.2 Å². The molecule has 0 saturated carbocycles. The van der Waals surface area contributed by atoms with Gasteiger partial charge in [-0.25, -0.2) is 0 Å². The highest BCUT2D eigenvalue weighted by Gasteiger charge is 2.18. The van der Waals surface area contributed by atoms with Crippen molar-refractivity contribution < 1.29 is 14.6 Å². The lowest BCUT2D eigenvalue weighted by atomic mass is 10.2. The van der Waals surface area contributed by atoms with E-state index in [1.54, 1.807) is 28.8 Å². The van der Waals surface area contributed by atoms with Crippen LogP contribution in [0.1, 0.15) is 5.56 Å². The van der Waals surface area contributed by atoms with Crippen LogP contribution in [0.5, 0.6) is 11.6 Å². The molecular formula is C23H15BrCl3N3O3. The number of aromatic nitrogens is 1. The molecule has 0 atom stereocenters. The molecule has 1 amide bonds. The van der Waals surface area contributed by atoms with Gasteiger partial charge in [-0.15, -0.1) is 10.2 Å². The van der Waals surface area contributed by atoms with Gasteiger partial charge in [0.15, 0.2) is 12.3 Å². The summed E-state index contributed by atoms with van der Waals surface area (Å²) in [7, 11) is 0. The zero-order chi connectivity index (χ0) is 23.5. The summed E-state index contributed by atoms with van der Waals surface area (Å²) in [4.78, 5) is 12.3. The van der Waals surface area contributed by atoms with Crippen LogP contribution in [-0.4, -0.2) is 22.2 Å². The molecule has 0 unspecified atom stereocenters. The Bertz CT molecular complexity index is 1390. The van der Waals surface area contributed by atoms with Crippen LogP contribution in [0.25, 0.3) is 10.9 Å². The van der Waals surface area contributed by atoms with Gasteiger partial charge < -0.3 is 14.4 Å². The lowest BCUT2D eigenvalue weighted by Gasteiger charge is -2.08. The van der Waals surface area contributed by atoms with Gasteiger partial charge >= 0.3 is 5.91 Å². The van der Waals surface area contributed by atoms with Crippen LogP contribution in [0.4, 0.5) is 5.69 Å². The predicted molar refractivity (Wildman–Crippen MR) is 133 cm³/mol. The molecule has 0 saturated heterocycles. The van der Waals surface area contributed by atoms with Crippen molar-refractivity contribution in [2.24, 2.45) is 10.2 Å². The first kappa shape index (κ1) is 23.6. The monoisotopic (exact) mass is 565 g/mol. The van der Waals surface area contributed by atoms with E-state index in [0.717, 1.165) is 10.0 Å². The molecular weight excluding hydrogens is 553 g/mol. The van der Waals surface area contributed by atoms with Crippen molar-refractivity contribution in [2.45, 2.75) is 6.54 Å². The summed E-state index contributed by atoms with van der Waals surface area (Å²) in [5.74, 6) is -0.489. The van der Waals surface area contributed by atoms with E-state index in [4.69, 9.17) is 39.5 Å². The van der Waals surface area contributed by atoms with Gasteiger partial charge in [-0.05, 0) is 48.0 Å². The van der Waals surface area contributed by atoms with Gasteiger partial charge in [-0.2, -0.15) is 0 Å². The number of hydrogen-bond acceptors (Lipinski definition) is 4. The average molecular weight is 568 g/mol. The second-order valence-corrected chi connectivity index (χ2v) is 9.13. The summed E-state index contributed by atoms with van der Waals surface area (Å²) in [6, 6.07) is 17.5. The summed E-state index contributed by atoms with van der Waals surface area (Å²) >= 11 is 21.6. The first-order valence-corrected chi connectivity index (χ1v) is 11.5. The molecule has 6 nitrogen and oxygen atoms in total. The fourth-order valence-electron chi connectivity index (χ4n) is 3.22. The number of amides is 1. The molecule has 1 aromatic heterocycles. The van der Waals surface area contributed by atoms with Gasteiger partial charge in [0.1, 0.15) is 5.75 Å². The van der Waals surface area contributed by atoms with E-state index in [1.807, 2.05) is 30.3 Å². The highest BCUT2D eigenvalue weighted by molar-refractivity contribution is 9.10. The maximum atomic E-state index is 12.3. The molecule has 3 aromatic carbocycles. The Morgan fingerprint density at radius 3 is 2.58 bits per heavy atom. The van der Waals surface area contributed by atoms with E-state index in [-0.39, 0.29) is 23.2 Å². The van der Waals surface area contributed by atoms with Gasteiger partial charge in [-0.1, -0.05) is 68.9 Å². The predicted octanol–water partition coefficient (Wildman–Crippen LogP) is 7.81. The number of fused-ring (bicyclic) bond motifs is 1. The van der Waals surface area contributed by atoms with E-state index in [1.165, 1.54) is 6.07 Å². The van der Waals surface area contributed by atoms with E-state index < -0.39 is 5.91 Å². The van der Waals surface area contributed by atoms with Gasteiger partial charge in [0.05, 0.1) is 17.1 Å². The molecule has 0 aliphatic rings. The molecule has 0 radical (unpaired) electrons. The van der Waals surface area contributed by atoms with Gasteiger partial charge in [0, 0.05) is 19.9 Å². The third-order valence-corrected chi connectivity index (χ3v) is 6.16. The number of aromatic hydroxyl groups is 1. The molecule has 1 N–H and O–H groups in total. The summed E-state index contributed by atoms with van der Waals surface area (Å²) in [6.07, 6.45) is 0. The quantitative estimate of drug-likeness (QED) is 0.242. The molecule has 10 heteroatoms. The van der Waals surface area contributed by atoms with Crippen LogP contribution in [0.2, 0.25) is 15.1 Å². The molecule has 168 valence electrons. The van der Waals surface area contributed by atoms with E-state index in [9.17, 15) is 9.90 Å². The Balaban J connectivity index is 1.61. The molecule has 4 rings (SSSR count). The van der Waals surface area contributed by atoms with Crippen molar-refractivity contribution in [1.82, 2.24) is 4.57 Å². The second-order valence-electron chi connectivity index (χ2n) is 6.97. The zero-order valence-corrected chi connectivity index (χ0v) is 20.7. The van der Waals surface area contributed by atoms with Crippen molar-refractivity contribution >= 4 is 73.2 Å². The Morgan fingerprint density at radius 2 is 1.82 bits per heavy atom. The maximum Gasteiger partial charge on any atom is 0.302 e. The molecule has 0 bridgehead atoms. The normalized spacial score (nSPS) is 11.4. The smallest absolute Gasteiger partial charge is 0.302 e. The number of hydrogen-bond donors (Lipinski definition) is 1. The van der Waals surface area contributed by atoms with E-state index >= 15 is 0 Å². The van der Waals surface area contributed by atoms with Crippen LogP contribution in [-0.2, 0) is 11.3 Å². The Labute approximate surface area is 212 Å². The number of nitrogens with zero attached hydrogens (tertiary/aromatic N) is 3. The molecule has 4 aromatic rings. The molecule has 33 heavy (non-hydrogen) atoms. The van der Waals surface area contributed by atoms with Gasteiger partial charge in [0.25, 0.3) is 0 Å². The molecule has 1 heterocycles. The van der Waals surface area contributed by atoms with Crippen LogP contribution >= 0.6 is 50.7 Å². The standard InChI is InChI=1S/C23H15BrCl3N3O3/c24-14-5-7-19-16(9-14)22(23(32)30(19)11-13-3-1-2-4-17(13)26)29-28-21(31)12-33-20-8-6-15(25)10-18(20)27/h1-10,32H,11-12H2. The van der Waals surface area contributed by atoms with Crippen molar-refractivity contribution in [3.63, 3.8) is 0 Å². The number of carbonyl (C=O) groups excluding carboxylic acids is 1. The van der Waals surface area contributed by atoms with Crippen molar-refractivity contribution in [1.29, 1.82) is 0 Å². The van der Waals surface area contributed by atoms with Crippen molar-refractivity contribution in [3.05, 3.63) is 85.8 Å². The van der Waals surface area contributed by atoms with Gasteiger partial charge in [0.2, 0.25) is 5.88 Å². The minimum absolute atomic E-state index is 0.138. The number of rotatable bonds is 6. The molecule has 0 spiro atoms. The van der Waals surface area contributed by atoms with Crippen LogP contribution in [0.15, 0.2) is 75.4 Å². The summed E-state index contributed by atoms with van der Waals surface area (Å²) < 4.78 is 7.84. The first-order valence-electron chi connectivity index (χ1n) is 9.60. The van der Waals surface area contributed by atoms with Crippen LogP contribution in [0.3, 0.4) is 0 Å². The first-order chi connectivity index (χ1) is 15.8. The highest BCUT2D eigenvalue weighted by atomic mass is 79.9. The third kappa shape index (κ3) is 5.33. The number of benzene rings is 3. The Morgan fingerprint density at radius 1 is 1.03 bits per heavy atom. The Kier molecular flexibility index (Phi) is 7.24. The summed E-state index contributed by atoms with van der Waals surface area (Å²) in [5, 5.41) is 20.6. The van der Waals surface area contributed by atoms with Crippen molar-refractivity contribution in [3.8, 4) is 11.6 Å². The molecule has 0 fully saturated rings. The topological polar surface area (TPSA) is 76.2 Å². The SMILES string of the molecule is O=C(COc1ccc(Cl)cc1Cl)N=Nc1c(O)n(Cc2ccccc2Cl)c2ccc(Br)cc12. The van der Waals surface area contributed by atoms with E-state index in [2.05, 4.69) is 26.2 Å². The van der Waals surface area contributed by atoms with Crippen LogP contribution in [0, 0.1) is 0 Å². The summed E-state index contributed by atoms with van der Waals surface area (Å²) in [5.41, 5.74) is 1.69. The maximum absolute atomic E-state index is 12.3. The molecule has 0 aliphatic heterocycles. The average Bonchev–Trinajstić information content (AvgIpc) is 3.03. The number of halogens is 4. The lowest BCUT2D eigenvalue weighted by Crippen LogP contribution is -2.08. The Hall–Kier alpha value is -2.58.